The van der Waals surface area contributed by atoms with E-state index in [0.29, 0.717) is 5.76 Å². The van der Waals surface area contributed by atoms with Gasteiger partial charge >= 0.3 is 0 Å². The van der Waals surface area contributed by atoms with Crippen LogP contribution in [0.15, 0.2) is 71.6 Å². The van der Waals surface area contributed by atoms with Gasteiger partial charge in [0, 0.05) is 17.4 Å². The van der Waals surface area contributed by atoms with Crippen molar-refractivity contribution in [3.8, 4) is 28.2 Å². The van der Waals surface area contributed by atoms with Crippen LogP contribution in [0.4, 0.5) is 4.39 Å². The van der Waals surface area contributed by atoms with Crippen LogP contribution >= 0.6 is 0 Å². The van der Waals surface area contributed by atoms with E-state index in [9.17, 15) is 4.39 Å². The summed E-state index contributed by atoms with van der Waals surface area (Å²) in [6.07, 6.45) is 3.59. The number of aryl methyl sites for hydroxylation is 1. The van der Waals surface area contributed by atoms with Gasteiger partial charge in [0.05, 0.1) is 17.6 Å². The first-order chi connectivity index (χ1) is 11.7. The van der Waals surface area contributed by atoms with E-state index < -0.39 is 0 Å². The average Bonchev–Trinajstić information content (AvgIpc) is 3.23. The molecule has 118 valence electrons. The van der Waals surface area contributed by atoms with Crippen LogP contribution < -0.4 is 0 Å². The summed E-state index contributed by atoms with van der Waals surface area (Å²) < 4.78 is 20.3. The molecular weight excluding hydrogens is 305 g/mol. The summed E-state index contributed by atoms with van der Waals surface area (Å²) in [5.74, 6) is 0.443. The van der Waals surface area contributed by atoms with Gasteiger partial charge in [-0.3, -0.25) is 0 Å². The fourth-order valence-electron chi connectivity index (χ4n) is 2.67. The van der Waals surface area contributed by atoms with E-state index >= 15 is 0 Å². The Morgan fingerprint density at radius 2 is 1.75 bits per heavy atom. The Labute approximate surface area is 138 Å². The lowest BCUT2D eigenvalue weighted by Gasteiger charge is -2.01. The molecule has 0 atom stereocenters. The molecule has 4 rings (SSSR count). The van der Waals surface area contributed by atoms with Gasteiger partial charge in [0.2, 0.25) is 0 Å². The first-order valence-electron chi connectivity index (χ1n) is 7.54. The molecule has 4 aromatic rings. The first-order valence-corrected chi connectivity index (χ1v) is 7.54. The van der Waals surface area contributed by atoms with E-state index in [1.165, 1.54) is 12.1 Å². The van der Waals surface area contributed by atoms with Gasteiger partial charge in [-0.1, -0.05) is 35.5 Å². The normalized spacial score (nSPS) is 10.9. The van der Waals surface area contributed by atoms with Crippen molar-refractivity contribution in [2.45, 2.75) is 6.92 Å². The standard InChI is InChI=1S/C19H14FN3O/c1-13-18(19(22-24-13)14-5-3-2-4-6-14)17-11-23(12-21-17)16-9-7-15(20)8-10-16/h2-12H,1H3. The van der Waals surface area contributed by atoms with Crippen molar-refractivity contribution in [2.24, 2.45) is 0 Å². The second-order valence-corrected chi connectivity index (χ2v) is 5.47. The molecule has 2 aromatic heterocycles. The van der Waals surface area contributed by atoms with Crippen LogP contribution in [0, 0.1) is 12.7 Å². The molecule has 0 fully saturated rings. The van der Waals surface area contributed by atoms with E-state index in [1.807, 2.05) is 48.0 Å². The van der Waals surface area contributed by atoms with E-state index in [0.717, 1.165) is 28.2 Å². The molecule has 0 radical (unpaired) electrons. The molecule has 0 saturated heterocycles. The van der Waals surface area contributed by atoms with Gasteiger partial charge in [-0.25, -0.2) is 9.37 Å². The quantitative estimate of drug-likeness (QED) is 0.552. The summed E-state index contributed by atoms with van der Waals surface area (Å²) in [6, 6.07) is 16.1. The lowest BCUT2D eigenvalue weighted by Crippen LogP contribution is -1.89. The van der Waals surface area contributed by atoms with Gasteiger partial charge in [0.25, 0.3) is 0 Å². The number of aromatic nitrogens is 3. The molecular formula is C19H14FN3O. The Balaban J connectivity index is 1.78. The highest BCUT2D eigenvalue weighted by molar-refractivity contribution is 5.79. The molecule has 0 saturated carbocycles. The maximum atomic E-state index is 13.1. The Hall–Kier alpha value is -3.21. The number of hydrogen-bond donors (Lipinski definition) is 0. The summed E-state index contributed by atoms with van der Waals surface area (Å²) in [7, 11) is 0. The Kier molecular flexibility index (Phi) is 3.46. The molecule has 0 aliphatic heterocycles. The van der Waals surface area contributed by atoms with Crippen LogP contribution in [0.1, 0.15) is 5.76 Å². The minimum atomic E-state index is -0.264. The monoisotopic (exact) mass is 319 g/mol. The van der Waals surface area contributed by atoms with Gasteiger partial charge in [-0.2, -0.15) is 0 Å². The van der Waals surface area contributed by atoms with Crippen molar-refractivity contribution in [3.63, 3.8) is 0 Å². The average molecular weight is 319 g/mol. The fraction of sp³-hybridized carbons (Fsp3) is 0.0526. The summed E-state index contributed by atoms with van der Waals surface area (Å²) in [5.41, 5.74) is 4.20. The summed E-state index contributed by atoms with van der Waals surface area (Å²) in [4.78, 5) is 4.47. The number of hydrogen-bond acceptors (Lipinski definition) is 3. The maximum Gasteiger partial charge on any atom is 0.143 e. The lowest BCUT2D eigenvalue weighted by atomic mass is 10.0. The smallest absolute Gasteiger partial charge is 0.143 e. The van der Waals surface area contributed by atoms with Gasteiger partial charge in [-0.15, -0.1) is 0 Å². The predicted molar refractivity (Wildman–Crippen MR) is 89.2 cm³/mol. The zero-order valence-electron chi connectivity index (χ0n) is 13.0. The van der Waals surface area contributed by atoms with Crippen molar-refractivity contribution >= 4 is 0 Å². The Morgan fingerprint density at radius 1 is 1.00 bits per heavy atom. The van der Waals surface area contributed by atoms with Gasteiger partial charge in [0.1, 0.15) is 17.3 Å². The van der Waals surface area contributed by atoms with Crippen molar-refractivity contribution in [3.05, 3.63) is 78.7 Å². The number of rotatable bonds is 3. The predicted octanol–water partition coefficient (Wildman–Crippen LogP) is 4.64. The topological polar surface area (TPSA) is 43.9 Å². The van der Waals surface area contributed by atoms with E-state index in [1.54, 1.807) is 18.5 Å². The van der Waals surface area contributed by atoms with Gasteiger partial charge in [-0.05, 0) is 31.2 Å². The summed E-state index contributed by atoms with van der Waals surface area (Å²) in [5, 5.41) is 4.18. The van der Waals surface area contributed by atoms with Crippen LogP contribution in [0.3, 0.4) is 0 Å². The van der Waals surface area contributed by atoms with Gasteiger partial charge < -0.3 is 9.09 Å². The first kappa shape index (κ1) is 14.4. The molecule has 0 amide bonds. The zero-order valence-corrected chi connectivity index (χ0v) is 13.0. The Morgan fingerprint density at radius 3 is 2.50 bits per heavy atom. The molecule has 2 heterocycles. The molecule has 0 N–H and O–H groups in total. The molecule has 0 bridgehead atoms. The molecule has 4 nitrogen and oxygen atoms in total. The number of imidazole rings is 1. The second-order valence-electron chi connectivity index (χ2n) is 5.47. The third-order valence-electron chi connectivity index (χ3n) is 3.87. The molecule has 0 unspecified atom stereocenters. The summed E-state index contributed by atoms with van der Waals surface area (Å²) >= 11 is 0. The maximum absolute atomic E-state index is 13.1. The summed E-state index contributed by atoms with van der Waals surface area (Å²) in [6.45, 7) is 1.87. The second kappa shape index (κ2) is 5.77. The molecule has 0 spiro atoms. The largest absolute Gasteiger partial charge is 0.360 e. The molecule has 2 aromatic carbocycles. The Bertz CT molecular complexity index is 972. The van der Waals surface area contributed by atoms with Crippen molar-refractivity contribution < 1.29 is 8.91 Å². The van der Waals surface area contributed by atoms with Crippen molar-refractivity contribution in [2.75, 3.05) is 0 Å². The highest BCUT2D eigenvalue weighted by Gasteiger charge is 2.18. The molecule has 5 heteroatoms. The number of nitrogens with zero attached hydrogens (tertiary/aromatic N) is 3. The van der Waals surface area contributed by atoms with Gasteiger partial charge in [0.15, 0.2) is 0 Å². The van der Waals surface area contributed by atoms with E-state index in [4.69, 9.17) is 4.52 Å². The van der Waals surface area contributed by atoms with Crippen molar-refractivity contribution in [1.29, 1.82) is 0 Å². The van der Waals surface area contributed by atoms with E-state index in [-0.39, 0.29) is 5.82 Å². The minimum Gasteiger partial charge on any atom is -0.360 e. The van der Waals surface area contributed by atoms with Crippen LogP contribution in [0.25, 0.3) is 28.2 Å². The molecule has 0 aliphatic carbocycles. The fourth-order valence-corrected chi connectivity index (χ4v) is 2.67. The third kappa shape index (κ3) is 2.50. The van der Waals surface area contributed by atoms with Crippen LogP contribution in [0.5, 0.6) is 0 Å². The lowest BCUT2D eigenvalue weighted by molar-refractivity contribution is 0.400. The SMILES string of the molecule is Cc1onc(-c2ccccc2)c1-c1cn(-c2ccc(F)cc2)cn1. The highest BCUT2D eigenvalue weighted by atomic mass is 19.1. The molecule has 24 heavy (non-hydrogen) atoms. The number of benzene rings is 2. The van der Waals surface area contributed by atoms with Crippen molar-refractivity contribution in [1.82, 2.24) is 14.7 Å². The van der Waals surface area contributed by atoms with Crippen LogP contribution in [0.2, 0.25) is 0 Å². The highest BCUT2D eigenvalue weighted by Crippen LogP contribution is 2.33. The third-order valence-corrected chi connectivity index (χ3v) is 3.87. The van der Waals surface area contributed by atoms with E-state index in [2.05, 4.69) is 10.1 Å². The molecule has 0 aliphatic rings. The van der Waals surface area contributed by atoms with Crippen LogP contribution in [-0.4, -0.2) is 14.7 Å². The van der Waals surface area contributed by atoms with Crippen LogP contribution in [-0.2, 0) is 0 Å². The minimum absolute atomic E-state index is 0.264. The zero-order chi connectivity index (χ0) is 16.5. The number of halogens is 1.